The van der Waals surface area contributed by atoms with Gasteiger partial charge in [-0.15, -0.1) is 16.8 Å². The molecule has 1 aromatic carbocycles. The van der Waals surface area contributed by atoms with Gasteiger partial charge in [0.25, 0.3) is 0 Å². The van der Waals surface area contributed by atoms with Gasteiger partial charge in [0.05, 0.1) is 17.9 Å². The summed E-state index contributed by atoms with van der Waals surface area (Å²) in [6.45, 7) is 6.90. The number of benzene rings is 1. The molecular formula is C18H21N5O3S. The van der Waals surface area contributed by atoms with E-state index < -0.39 is 5.25 Å². The minimum atomic E-state index is -0.480. The Morgan fingerprint density at radius 2 is 2.22 bits per heavy atom. The van der Waals surface area contributed by atoms with E-state index in [1.54, 1.807) is 20.1 Å². The maximum atomic E-state index is 12.6. The fraction of sp³-hybridized carbons (Fsp3) is 0.333. The lowest BCUT2D eigenvalue weighted by Gasteiger charge is -2.17. The van der Waals surface area contributed by atoms with E-state index in [4.69, 9.17) is 4.74 Å². The predicted octanol–water partition coefficient (Wildman–Crippen LogP) is 2.17. The first-order valence-electron chi connectivity index (χ1n) is 8.50. The number of hydrogen-bond acceptors (Lipinski definition) is 6. The molecule has 1 aromatic heterocycles. The van der Waals surface area contributed by atoms with Crippen LogP contribution in [0.5, 0.6) is 5.75 Å². The van der Waals surface area contributed by atoms with Crippen LogP contribution in [0.4, 0.5) is 4.79 Å². The van der Waals surface area contributed by atoms with Crippen molar-refractivity contribution >= 4 is 23.7 Å². The monoisotopic (exact) mass is 387 g/mol. The quantitative estimate of drug-likeness (QED) is 0.579. The van der Waals surface area contributed by atoms with Crippen LogP contribution in [-0.4, -0.2) is 57.1 Å². The van der Waals surface area contributed by atoms with Gasteiger partial charge in [0.15, 0.2) is 11.0 Å². The lowest BCUT2D eigenvalue weighted by molar-refractivity contribution is -0.126. The predicted molar refractivity (Wildman–Crippen MR) is 103 cm³/mol. The van der Waals surface area contributed by atoms with Crippen LogP contribution in [0.3, 0.4) is 0 Å². The minimum absolute atomic E-state index is 0.248. The summed E-state index contributed by atoms with van der Waals surface area (Å²) in [6.07, 6.45) is 1.74. The number of imide groups is 1. The van der Waals surface area contributed by atoms with Crippen molar-refractivity contribution in [2.75, 3.05) is 20.2 Å². The molecule has 142 valence electrons. The van der Waals surface area contributed by atoms with Gasteiger partial charge in [-0.3, -0.25) is 14.3 Å². The van der Waals surface area contributed by atoms with Gasteiger partial charge in [0.1, 0.15) is 5.75 Å². The Bertz CT molecular complexity index is 866. The summed E-state index contributed by atoms with van der Waals surface area (Å²) in [5, 5.41) is 11.3. The van der Waals surface area contributed by atoms with Crippen molar-refractivity contribution in [1.82, 2.24) is 25.0 Å². The molecule has 8 nitrogen and oxygen atoms in total. The molecule has 1 aliphatic rings. The minimum Gasteiger partial charge on any atom is -0.496 e. The van der Waals surface area contributed by atoms with Crippen molar-refractivity contribution in [3.63, 3.8) is 0 Å². The maximum absolute atomic E-state index is 12.6. The molecule has 2 heterocycles. The molecule has 27 heavy (non-hydrogen) atoms. The van der Waals surface area contributed by atoms with E-state index >= 15 is 0 Å². The van der Waals surface area contributed by atoms with E-state index in [1.807, 2.05) is 28.8 Å². The molecule has 1 fully saturated rings. The number of aromatic nitrogens is 3. The van der Waals surface area contributed by atoms with Crippen LogP contribution in [0.15, 0.2) is 42.1 Å². The number of amides is 3. The van der Waals surface area contributed by atoms with Crippen molar-refractivity contribution in [2.45, 2.75) is 23.9 Å². The molecule has 1 N–H and O–H groups in total. The molecule has 1 saturated heterocycles. The zero-order valence-corrected chi connectivity index (χ0v) is 16.0. The molecule has 0 saturated carbocycles. The summed E-state index contributed by atoms with van der Waals surface area (Å²) >= 11 is 1.27. The van der Waals surface area contributed by atoms with Crippen LogP contribution in [0.1, 0.15) is 6.92 Å². The number of hydrogen-bond donors (Lipinski definition) is 1. The summed E-state index contributed by atoms with van der Waals surface area (Å²) in [7, 11) is 1.60. The van der Waals surface area contributed by atoms with Gasteiger partial charge in [-0.05, 0) is 19.1 Å². The van der Waals surface area contributed by atoms with E-state index in [2.05, 4.69) is 22.1 Å². The highest BCUT2D eigenvalue weighted by Crippen LogP contribution is 2.32. The number of carbonyl (C=O) groups excluding carboxylic acids is 2. The number of rotatable bonds is 7. The Kier molecular flexibility index (Phi) is 5.80. The van der Waals surface area contributed by atoms with Crippen molar-refractivity contribution < 1.29 is 14.3 Å². The molecular weight excluding hydrogens is 366 g/mol. The molecule has 3 rings (SSSR count). The smallest absolute Gasteiger partial charge is 0.324 e. The first-order chi connectivity index (χ1) is 13.1. The SMILES string of the molecule is C=CCn1c(SC(C)C(=O)N2CCNC2=O)nnc1-c1ccccc1OC. The van der Waals surface area contributed by atoms with Gasteiger partial charge in [-0.1, -0.05) is 30.0 Å². The fourth-order valence-corrected chi connectivity index (χ4v) is 3.73. The third-order valence-electron chi connectivity index (χ3n) is 4.13. The van der Waals surface area contributed by atoms with Gasteiger partial charge in [-0.25, -0.2) is 4.79 Å². The lowest BCUT2D eigenvalue weighted by atomic mass is 10.2. The standard InChI is InChI=1S/C18H21N5O3S/c1-4-10-22-15(13-7-5-6-8-14(13)26-3)20-21-18(22)27-12(2)16(24)23-11-9-19-17(23)25/h4-8,12H,1,9-11H2,2-3H3,(H,19,25). The van der Waals surface area contributed by atoms with Gasteiger partial charge in [0, 0.05) is 19.6 Å². The van der Waals surface area contributed by atoms with E-state index in [-0.39, 0.29) is 11.9 Å². The average molecular weight is 387 g/mol. The number of nitrogens with one attached hydrogen (secondary N) is 1. The normalized spacial score (nSPS) is 14.7. The number of allylic oxidation sites excluding steroid dienone is 1. The first kappa shape index (κ1) is 19.0. The summed E-state index contributed by atoms with van der Waals surface area (Å²) in [5.41, 5.74) is 0.805. The molecule has 3 amide bonds. The molecule has 0 bridgehead atoms. The molecule has 0 spiro atoms. The van der Waals surface area contributed by atoms with Crippen molar-refractivity contribution in [3.8, 4) is 17.1 Å². The van der Waals surface area contributed by atoms with Gasteiger partial charge >= 0.3 is 6.03 Å². The number of para-hydroxylation sites is 1. The molecule has 1 unspecified atom stereocenters. The zero-order valence-electron chi connectivity index (χ0n) is 15.2. The average Bonchev–Trinajstić information content (AvgIpc) is 3.28. The number of carbonyl (C=O) groups is 2. The molecule has 1 atom stereocenters. The van der Waals surface area contributed by atoms with E-state index in [0.29, 0.717) is 36.4 Å². The summed E-state index contributed by atoms with van der Waals surface area (Å²) in [6, 6.07) is 7.19. The van der Waals surface area contributed by atoms with Gasteiger partial charge < -0.3 is 10.1 Å². The molecule has 2 aromatic rings. The number of urea groups is 1. The molecule has 9 heteroatoms. The van der Waals surface area contributed by atoms with Crippen LogP contribution >= 0.6 is 11.8 Å². The highest BCUT2D eigenvalue weighted by molar-refractivity contribution is 8.00. The van der Waals surface area contributed by atoms with Crippen LogP contribution in [0, 0.1) is 0 Å². The Morgan fingerprint density at radius 3 is 2.89 bits per heavy atom. The highest BCUT2D eigenvalue weighted by Gasteiger charge is 2.31. The zero-order chi connectivity index (χ0) is 19.4. The second-order valence-electron chi connectivity index (χ2n) is 5.89. The number of ether oxygens (including phenoxy) is 1. The second kappa shape index (κ2) is 8.26. The van der Waals surface area contributed by atoms with E-state index in [9.17, 15) is 9.59 Å². The number of thioether (sulfide) groups is 1. The molecule has 0 radical (unpaired) electrons. The van der Waals surface area contributed by atoms with Crippen LogP contribution in [0.25, 0.3) is 11.4 Å². The first-order valence-corrected chi connectivity index (χ1v) is 9.38. The Labute approximate surface area is 161 Å². The van der Waals surface area contributed by atoms with E-state index in [0.717, 1.165) is 5.56 Å². The van der Waals surface area contributed by atoms with Crippen molar-refractivity contribution in [3.05, 3.63) is 36.9 Å². The van der Waals surface area contributed by atoms with Gasteiger partial charge in [-0.2, -0.15) is 0 Å². The second-order valence-corrected chi connectivity index (χ2v) is 7.20. The lowest BCUT2D eigenvalue weighted by Crippen LogP contribution is -2.39. The summed E-state index contributed by atoms with van der Waals surface area (Å²) in [5.74, 6) is 1.07. The van der Waals surface area contributed by atoms with Crippen LogP contribution in [0.2, 0.25) is 0 Å². The Morgan fingerprint density at radius 1 is 1.44 bits per heavy atom. The van der Waals surface area contributed by atoms with Gasteiger partial charge in [0.2, 0.25) is 5.91 Å². The van der Waals surface area contributed by atoms with Crippen LogP contribution in [-0.2, 0) is 11.3 Å². The highest BCUT2D eigenvalue weighted by atomic mass is 32.2. The van der Waals surface area contributed by atoms with Crippen molar-refractivity contribution in [1.29, 1.82) is 0 Å². The number of methoxy groups -OCH3 is 1. The molecule has 1 aliphatic heterocycles. The van der Waals surface area contributed by atoms with Crippen LogP contribution < -0.4 is 10.1 Å². The summed E-state index contributed by atoms with van der Waals surface area (Å²) < 4.78 is 7.30. The van der Waals surface area contributed by atoms with Crippen molar-refractivity contribution in [2.24, 2.45) is 0 Å². The maximum Gasteiger partial charge on any atom is 0.324 e. The molecule has 0 aliphatic carbocycles. The fourth-order valence-electron chi connectivity index (χ4n) is 2.81. The van der Waals surface area contributed by atoms with E-state index in [1.165, 1.54) is 16.7 Å². The third-order valence-corrected chi connectivity index (χ3v) is 5.20. The third kappa shape index (κ3) is 3.82. The largest absolute Gasteiger partial charge is 0.496 e. The Hall–Kier alpha value is -2.81. The summed E-state index contributed by atoms with van der Waals surface area (Å²) in [4.78, 5) is 25.5. The number of nitrogens with zero attached hydrogens (tertiary/aromatic N) is 4. The topological polar surface area (TPSA) is 89.4 Å². The Balaban J connectivity index is 1.88.